The van der Waals surface area contributed by atoms with Gasteiger partial charge in [0.05, 0.1) is 0 Å². The predicted octanol–water partition coefficient (Wildman–Crippen LogP) is 3.38. The van der Waals surface area contributed by atoms with Crippen LogP contribution in [0.5, 0.6) is 0 Å². The van der Waals surface area contributed by atoms with Gasteiger partial charge < -0.3 is 4.74 Å². The summed E-state index contributed by atoms with van der Waals surface area (Å²) in [5.74, 6) is 0. The quantitative estimate of drug-likeness (QED) is 0.730. The maximum absolute atomic E-state index is 12.1. The van der Waals surface area contributed by atoms with Crippen molar-refractivity contribution in [3.05, 3.63) is 59.7 Å². The molecule has 1 heterocycles. The minimum atomic E-state index is -0.496. The van der Waals surface area contributed by atoms with Crippen LogP contribution in [0.15, 0.2) is 48.5 Å². The van der Waals surface area contributed by atoms with Gasteiger partial charge in [-0.25, -0.2) is 4.79 Å². The first-order valence-corrected chi connectivity index (χ1v) is 6.81. The van der Waals surface area contributed by atoms with E-state index in [-0.39, 0.29) is 12.2 Å². The Morgan fingerprint density at radius 2 is 1.50 bits per heavy atom. The lowest BCUT2D eigenvalue weighted by Crippen LogP contribution is -2.45. The van der Waals surface area contributed by atoms with Gasteiger partial charge in [-0.1, -0.05) is 48.5 Å². The van der Waals surface area contributed by atoms with Crippen LogP contribution in [-0.2, 0) is 10.3 Å². The molecular weight excluding hydrogens is 250 g/mol. The molecule has 0 N–H and O–H groups in total. The summed E-state index contributed by atoms with van der Waals surface area (Å²) < 4.78 is 5.51. The number of cyclic esters (lactones) is 1. The van der Waals surface area contributed by atoms with Crippen molar-refractivity contribution in [2.75, 3.05) is 7.05 Å². The molecule has 1 aliphatic carbocycles. The number of fused-ring (bicyclic) bond motifs is 5. The first kappa shape index (κ1) is 11.5. The van der Waals surface area contributed by atoms with Crippen molar-refractivity contribution in [2.24, 2.45) is 0 Å². The second-order valence-electron chi connectivity index (χ2n) is 5.44. The van der Waals surface area contributed by atoms with Crippen LogP contribution in [0.3, 0.4) is 0 Å². The van der Waals surface area contributed by atoms with Gasteiger partial charge in [-0.15, -0.1) is 0 Å². The van der Waals surface area contributed by atoms with E-state index >= 15 is 0 Å². The Balaban J connectivity index is 2.13. The molecule has 0 radical (unpaired) electrons. The summed E-state index contributed by atoms with van der Waals surface area (Å²) in [5.41, 5.74) is 4.20. The van der Waals surface area contributed by atoms with E-state index in [9.17, 15) is 4.79 Å². The third kappa shape index (κ3) is 1.10. The Bertz CT molecular complexity index is 677. The molecule has 4 rings (SSSR count). The Labute approximate surface area is 117 Å². The Kier molecular flexibility index (Phi) is 2.09. The summed E-state index contributed by atoms with van der Waals surface area (Å²) in [6.07, 6.45) is -0.464. The number of amides is 1. The Morgan fingerprint density at radius 1 is 1.00 bits per heavy atom. The van der Waals surface area contributed by atoms with E-state index in [0.29, 0.717) is 0 Å². The lowest BCUT2D eigenvalue weighted by Gasteiger charge is -2.34. The summed E-state index contributed by atoms with van der Waals surface area (Å²) in [4.78, 5) is 13.8. The van der Waals surface area contributed by atoms with E-state index in [1.165, 1.54) is 11.1 Å². The largest absolute Gasteiger partial charge is 0.443 e. The number of carbonyl (C=O) groups excluding carboxylic acids is 1. The van der Waals surface area contributed by atoms with Crippen LogP contribution < -0.4 is 0 Å². The van der Waals surface area contributed by atoms with Gasteiger partial charge in [-0.2, -0.15) is 0 Å². The van der Waals surface area contributed by atoms with Gasteiger partial charge in [0.1, 0.15) is 11.6 Å². The molecular formula is C17H15NO2. The summed E-state index contributed by atoms with van der Waals surface area (Å²) in [6, 6.07) is 16.6. The van der Waals surface area contributed by atoms with Crippen LogP contribution in [0.4, 0.5) is 4.79 Å². The zero-order chi connectivity index (χ0) is 13.9. The molecule has 1 fully saturated rings. The van der Waals surface area contributed by atoms with Gasteiger partial charge in [0.25, 0.3) is 0 Å². The fourth-order valence-electron chi connectivity index (χ4n) is 3.78. The van der Waals surface area contributed by atoms with E-state index in [0.717, 1.165) is 11.1 Å². The maximum Gasteiger partial charge on any atom is 0.411 e. The fourth-order valence-corrected chi connectivity index (χ4v) is 3.78. The number of hydrogen-bond donors (Lipinski definition) is 0. The normalized spacial score (nSPS) is 21.8. The molecule has 1 spiro atoms. The number of benzene rings is 2. The lowest BCUT2D eigenvalue weighted by molar-refractivity contribution is 0.130. The minimum Gasteiger partial charge on any atom is -0.443 e. The highest BCUT2D eigenvalue weighted by atomic mass is 16.6. The molecule has 2 aromatic rings. The predicted molar refractivity (Wildman–Crippen MR) is 76.4 cm³/mol. The van der Waals surface area contributed by atoms with E-state index in [4.69, 9.17) is 4.74 Å². The van der Waals surface area contributed by atoms with Crippen LogP contribution >= 0.6 is 0 Å². The molecule has 0 bridgehead atoms. The van der Waals surface area contributed by atoms with Gasteiger partial charge in [0.2, 0.25) is 0 Å². The van der Waals surface area contributed by atoms with Crippen LogP contribution in [0, 0.1) is 0 Å². The number of ether oxygens (including phenoxy) is 1. The Hall–Kier alpha value is -2.29. The van der Waals surface area contributed by atoms with Crippen molar-refractivity contribution in [1.82, 2.24) is 4.90 Å². The summed E-state index contributed by atoms with van der Waals surface area (Å²) in [5, 5.41) is 0. The average molecular weight is 265 g/mol. The molecule has 3 heteroatoms. The van der Waals surface area contributed by atoms with Crippen molar-refractivity contribution in [3.8, 4) is 11.1 Å². The molecule has 0 aromatic heterocycles. The molecule has 1 atom stereocenters. The molecule has 2 aliphatic rings. The van der Waals surface area contributed by atoms with Crippen LogP contribution in [0.2, 0.25) is 0 Å². The van der Waals surface area contributed by atoms with Crippen molar-refractivity contribution >= 4 is 6.09 Å². The number of rotatable bonds is 0. The molecule has 2 aromatic carbocycles. The van der Waals surface area contributed by atoms with Gasteiger partial charge >= 0.3 is 6.09 Å². The maximum atomic E-state index is 12.1. The summed E-state index contributed by atoms with van der Waals surface area (Å²) in [6.45, 7) is 1.97. The van der Waals surface area contributed by atoms with E-state index in [1.54, 1.807) is 4.90 Å². The molecule has 3 nitrogen and oxygen atoms in total. The summed E-state index contributed by atoms with van der Waals surface area (Å²) in [7, 11) is 1.82. The highest BCUT2D eigenvalue weighted by Gasteiger charge is 2.58. The van der Waals surface area contributed by atoms with Crippen LogP contribution in [0.1, 0.15) is 18.1 Å². The van der Waals surface area contributed by atoms with Crippen molar-refractivity contribution in [3.63, 3.8) is 0 Å². The second kappa shape index (κ2) is 3.63. The van der Waals surface area contributed by atoms with Crippen LogP contribution in [0.25, 0.3) is 11.1 Å². The van der Waals surface area contributed by atoms with Crippen molar-refractivity contribution in [2.45, 2.75) is 18.6 Å². The summed E-state index contributed by atoms with van der Waals surface area (Å²) >= 11 is 0. The smallest absolute Gasteiger partial charge is 0.411 e. The molecule has 1 saturated heterocycles. The van der Waals surface area contributed by atoms with Gasteiger partial charge in [0, 0.05) is 7.05 Å². The monoisotopic (exact) mass is 265 g/mol. The zero-order valence-electron chi connectivity index (χ0n) is 11.5. The van der Waals surface area contributed by atoms with Crippen molar-refractivity contribution < 1.29 is 9.53 Å². The minimum absolute atomic E-state index is 0.204. The molecule has 100 valence electrons. The van der Waals surface area contributed by atoms with Gasteiger partial charge in [-0.3, -0.25) is 4.90 Å². The van der Waals surface area contributed by atoms with E-state index < -0.39 is 5.54 Å². The van der Waals surface area contributed by atoms with Gasteiger partial charge in [0.15, 0.2) is 0 Å². The lowest BCUT2D eigenvalue weighted by atomic mass is 9.82. The third-order valence-electron chi connectivity index (χ3n) is 4.63. The first-order chi connectivity index (χ1) is 9.67. The number of hydrogen-bond acceptors (Lipinski definition) is 2. The standard InChI is InChI=1S/C17H15NO2/c1-11-17(18(2)16(19)20-11)14-9-5-3-7-12(14)13-8-4-6-10-15(13)17/h3-11H,1-2H3. The molecule has 1 amide bonds. The van der Waals surface area contributed by atoms with E-state index in [2.05, 4.69) is 24.3 Å². The average Bonchev–Trinajstić information content (AvgIpc) is 2.89. The molecule has 1 unspecified atom stereocenters. The first-order valence-electron chi connectivity index (χ1n) is 6.81. The number of carbonyl (C=O) groups is 1. The Morgan fingerprint density at radius 3 is 1.95 bits per heavy atom. The van der Waals surface area contributed by atoms with Crippen molar-refractivity contribution in [1.29, 1.82) is 0 Å². The highest BCUT2D eigenvalue weighted by Crippen LogP contribution is 2.55. The third-order valence-corrected chi connectivity index (χ3v) is 4.63. The molecule has 1 aliphatic heterocycles. The molecule has 0 saturated carbocycles. The number of likely N-dealkylation sites (N-methyl/N-ethyl adjacent to an activating group) is 1. The van der Waals surface area contributed by atoms with Gasteiger partial charge in [-0.05, 0) is 29.2 Å². The second-order valence-corrected chi connectivity index (χ2v) is 5.44. The molecule has 20 heavy (non-hydrogen) atoms. The SMILES string of the molecule is CC1OC(=O)N(C)C12c1ccccc1-c1ccccc12. The zero-order valence-corrected chi connectivity index (χ0v) is 11.5. The highest BCUT2D eigenvalue weighted by molar-refractivity contribution is 5.85. The number of nitrogens with zero attached hydrogens (tertiary/aromatic N) is 1. The topological polar surface area (TPSA) is 29.5 Å². The van der Waals surface area contributed by atoms with E-state index in [1.807, 2.05) is 38.2 Å². The van der Waals surface area contributed by atoms with Crippen LogP contribution in [-0.4, -0.2) is 24.1 Å². The fraction of sp³-hybridized carbons (Fsp3) is 0.235.